The molecule has 0 aromatic heterocycles. The van der Waals surface area contributed by atoms with Gasteiger partial charge in [-0.2, -0.15) is 0 Å². The van der Waals surface area contributed by atoms with Gasteiger partial charge < -0.3 is 34.7 Å². The Hall–Kier alpha value is -3.30. The molecule has 0 bridgehead atoms. The van der Waals surface area contributed by atoms with Crippen LogP contribution in [-0.2, 0) is 14.3 Å². The van der Waals surface area contributed by atoms with Crippen LogP contribution in [-0.4, -0.2) is 56.2 Å². The molecule has 3 N–H and O–H groups in total. The molecule has 9 heteroatoms. The van der Waals surface area contributed by atoms with Crippen molar-refractivity contribution in [2.24, 2.45) is 0 Å². The molecular formula is C23H26N2O7. The van der Waals surface area contributed by atoms with Gasteiger partial charge >= 0.3 is 12.0 Å². The fraction of sp³-hybridized carbons (Fsp3) is 0.391. The van der Waals surface area contributed by atoms with Gasteiger partial charge in [-0.15, -0.1) is 0 Å². The van der Waals surface area contributed by atoms with E-state index in [9.17, 15) is 14.7 Å². The maximum absolute atomic E-state index is 12.4. The molecule has 2 aromatic rings. The van der Waals surface area contributed by atoms with Crippen LogP contribution >= 0.6 is 0 Å². The molecule has 9 nitrogen and oxygen atoms in total. The predicted octanol–water partition coefficient (Wildman–Crippen LogP) is 2.90. The van der Waals surface area contributed by atoms with E-state index < -0.39 is 6.10 Å². The number of carbonyl (C=O) groups excluding carboxylic acids is 2. The number of methoxy groups -OCH3 is 2. The summed E-state index contributed by atoms with van der Waals surface area (Å²) in [5.74, 6) is 0.945. The van der Waals surface area contributed by atoms with Gasteiger partial charge in [0.1, 0.15) is 23.7 Å². The van der Waals surface area contributed by atoms with Gasteiger partial charge in [-0.05, 0) is 48.9 Å². The lowest BCUT2D eigenvalue weighted by Gasteiger charge is -2.36. The second-order valence-electron chi connectivity index (χ2n) is 7.74. The molecule has 2 aromatic carbocycles. The van der Waals surface area contributed by atoms with E-state index in [1.165, 1.54) is 7.11 Å². The number of rotatable bonds is 6. The summed E-state index contributed by atoms with van der Waals surface area (Å²) in [5, 5.41) is 15.4. The van der Waals surface area contributed by atoms with Crippen LogP contribution in [0.5, 0.6) is 11.5 Å². The van der Waals surface area contributed by atoms with E-state index in [4.69, 9.17) is 18.9 Å². The molecule has 4 rings (SSSR count). The van der Waals surface area contributed by atoms with Gasteiger partial charge in [0, 0.05) is 22.9 Å². The Morgan fingerprint density at radius 2 is 1.81 bits per heavy atom. The first-order valence-corrected chi connectivity index (χ1v) is 10.4. The highest BCUT2D eigenvalue weighted by Crippen LogP contribution is 2.47. The molecule has 2 amide bonds. The van der Waals surface area contributed by atoms with Gasteiger partial charge in [-0.3, -0.25) is 4.79 Å². The lowest BCUT2D eigenvalue weighted by Crippen LogP contribution is -2.46. The van der Waals surface area contributed by atoms with E-state index in [1.807, 2.05) is 6.07 Å². The standard InChI is InChI=1S/C23H26N2O7/c1-29-15-6-3-13(4-7-15)24-23(28)25-14-5-8-19-17(9-14)18-10-16(11-21(27)30-2)31-20(12-26)22(18)32-19/h3-9,16,18,20,22,26H,10-12H2,1-2H3,(H2,24,25,28)/t16-,18+,20+,22-/m0/s1. The first kappa shape index (κ1) is 21.9. The molecule has 1 saturated heterocycles. The first-order chi connectivity index (χ1) is 15.5. The van der Waals surface area contributed by atoms with Crippen LogP contribution in [0.1, 0.15) is 24.3 Å². The quantitative estimate of drug-likeness (QED) is 0.589. The average Bonchev–Trinajstić information content (AvgIpc) is 3.17. The largest absolute Gasteiger partial charge is 0.497 e. The van der Waals surface area contributed by atoms with E-state index in [-0.39, 0.29) is 43.2 Å². The van der Waals surface area contributed by atoms with Crippen molar-refractivity contribution < 1.29 is 33.6 Å². The van der Waals surface area contributed by atoms with Crippen LogP contribution in [0.15, 0.2) is 42.5 Å². The fourth-order valence-electron chi connectivity index (χ4n) is 4.20. The number of esters is 1. The van der Waals surface area contributed by atoms with Crippen molar-refractivity contribution >= 4 is 23.4 Å². The van der Waals surface area contributed by atoms with Crippen molar-refractivity contribution in [2.75, 3.05) is 31.5 Å². The minimum atomic E-state index is -0.550. The number of anilines is 2. The molecule has 1 fully saturated rings. The Labute approximate surface area is 185 Å². The Morgan fingerprint density at radius 3 is 2.50 bits per heavy atom. The van der Waals surface area contributed by atoms with Gasteiger partial charge in [0.25, 0.3) is 0 Å². The number of ether oxygens (including phenoxy) is 4. The first-order valence-electron chi connectivity index (χ1n) is 10.4. The Kier molecular flexibility index (Phi) is 6.48. The minimum Gasteiger partial charge on any atom is -0.497 e. The summed E-state index contributed by atoms with van der Waals surface area (Å²) in [7, 11) is 2.91. The van der Waals surface area contributed by atoms with Crippen LogP contribution in [0.4, 0.5) is 16.2 Å². The molecule has 0 aliphatic carbocycles. The zero-order valence-corrected chi connectivity index (χ0v) is 17.9. The molecular weight excluding hydrogens is 416 g/mol. The zero-order chi connectivity index (χ0) is 22.7. The van der Waals surface area contributed by atoms with Gasteiger partial charge in [0.05, 0.1) is 33.4 Å². The molecule has 0 unspecified atom stereocenters. The van der Waals surface area contributed by atoms with Gasteiger partial charge in [-0.25, -0.2) is 4.79 Å². The third-order valence-corrected chi connectivity index (χ3v) is 5.73. The third kappa shape index (κ3) is 4.63. The van der Waals surface area contributed by atoms with E-state index in [0.29, 0.717) is 29.3 Å². The highest BCUT2D eigenvalue weighted by atomic mass is 16.6. The summed E-state index contributed by atoms with van der Waals surface area (Å²) in [5.41, 5.74) is 2.15. The Bertz CT molecular complexity index is 979. The SMILES string of the molecule is COC(=O)C[C@@H]1C[C@@H]2c3cc(NC(=O)Nc4ccc(OC)cc4)ccc3O[C@@H]2[C@@H](CO)O1. The summed E-state index contributed by atoms with van der Waals surface area (Å²) in [6.45, 7) is -0.220. The molecule has 0 saturated carbocycles. The number of amides is 2. The lowest BCUT2D eigenvalue weighted by molar-refractivity contribution is -0.156. The number of nitrogens with one attached hydrogen (secondary N) is 2. The highest BCUT2D eigenvalue weighted by Gasteiger charge is 2.46. The second-order valence-corrected chi connectivity index (χ2v) is 7.74. The monoisotopic (exact) mass is 442 g/mol. The summed E-state index contributed by atoms with van der Waals surface area (Å²) < 4.78 is 21.8. The van der Waals surface area contributed by atoms with Crippen molar-refractivity contribution in [3.63, 3.8) is 0 Å². The minimum absolute atomic E-state index is 0.0723. The number of fused-ring (bicyclic) bond motifs is 3. The van der Waals surface area contributed by atoms with Crippen molar-refractivity contribution in [3.8, 4) is 11.5 Å². The van der Waals surface area contributed by atoms with Crippen LogP contribution in [0.2, 0.25) is 0 Å². The average molecular weight is 442 g/mol. The summed E-state index contributed by atoms with van der Waals surface area (Å²) in [4.78, 5) is 24.2. The molecule has 2 aliphatic heterocycles. The van der Waals surface area contributed by atoms with Crippen LogP contribution in [0.25, 0.3) is 0 Å². The topological polar surface area (TPSA) is 115 Å². The zero-order valence-electron chi connectivity index (χ0n) is 17.9. The molecule has 32 heavy (non-hydrogen) atoms. The lowest BCUT2D eigenvalue weighted by atomic mass is 9.84. The molecule has 4 atom stereocenters. The molecule has 2 aliphatic rings. The smallest absolute Gasteiger partial charge is 0.323 e. The van der Waals surface area contributed by atoms with Crippen molar-refractivity contribution in [1.29, 1.82) is 0 Å². The third-order valence-electron chi connectivity index (χ3n) is 5.73. The van der Waals surface area contributed by atoms with Crippen molar-refractivity contribution in [2.45, 2.75) is 37.1 Å². The van der Waals surface area contributed by atoms with Gasteiger partial charge in [0.2, 0.25) is 0 Å². The number of urea groups is 1. The number of carbonyl (C=O) groups is 2. The summed E-state index contributed by atoms with van der Waals surface area (Å²) >= 11 is 0. The number of aliphatic hydroxyl groups is 1. The summed E-state index contributed by atoms with van der Waals surface area (Å²) in [6.07, 6.45) is -0.637. The number of hydrogen-bond acceptors (Lipinski definition) is 7. The van der Waals surface area contributed by atoms with E-state index in [1.54, 1.807) is 43.5 Å². The molecule has 0 radical (unpaired) electrons. The molecule has 0 spiro atoms. The number of aliphatic hydroxyl groups excluding tert-OH is 1. The van der Waals surface area contributed by atoms with Gasteiger partial charge in [-0.1, -0.05) is 0 Å². The van der Waals surface area contributed by atoms with Crippen molar-refractivity contribution in [1.82, 2.24) is 0 Å². The maximum Gasteiger partial charge on any atom is 0.323 e. The molecule has 170 valence electrons. The maximum atomic E-state index is 12.4. The van der Waals surface area contributed by atoms with Crippen LogP contribution in [0.3, 0.4) is 0 Å². The van der Waals surface area contributed by atoms with Crippen LogP contribution in [0, 0.1) is 0 Å². The predicted molar refractivity (Wildman–Crippen MR) is 116 cm³/mol. The summed E-state index contributed by atoms with van der Waals surface area (Å²) in [6, 6.07) is 12.0. The molecule has 2 heterocycles. The number of benzene rings is 2. The fourth-order valence-corrected chi connectivity index (χ4v) is 4.20. The van der Waals surface area contributed by atoms with E-state index in [2.05, 4.69) is 10.6 Å². The number of hydrogen-bond donors (Lipinski definition) is 3. The normalized spacial score (nSPS) is 23.3. The highest BCUT2D eigenvalue weighted by molar-refractivity contribution is 5.99. The van der Waals surface area contributed by atoms with Gasteiger partial charge in [0.15, 0.2) is 0 Å². The van der Waals surface area contributed by atoms with E-state index in [0.717, 1.165) is 5.56 Å². The van der Waals surface area contributed by atoms with Crippen molar-refractivity contribution in [3.05, 3.63) is 48.0 Å². The van der Waals surface area contributed by atoms with Crippen LogP contribution < -0.4 is 20.1 Å². The second kappa shape index (κ2) is 9.46. The Balaban J connectivity index is 1.46. The Morgan fingerprint density at radius 1 is 1.09 bits per heavy atom. The van der Waals surface area contributed by atoms with E-state index >= 15 is 0 Å².